The van der Waals surface area contributed by atoms with Gasteiger partial charge >= 0.3 is 6.09 Å². The van der Waals surface area contributed by atoms with Crippen molar-refractivity contribution in [2.45, 2.75) is 26.4 Å². The second-order valence-corrected chi connectivity index (χ2v) is 7.26. The number of nitro benzene ring substituents is 1. The second-order valence-electron chi connectivity index (χ2n) is 6.34. The molecule has 1 saturated heterocycles. The fourth-order valence-corrected chi connectivity index (χ4v) is 2.71. The Morgan fingerprint density at radius 3 is 2.39 bits per heavy atom. The third kappa shape index (κ3) is 4.57. The van der Waals surface area contributed by atoms with Crippen molar-refractivity contribution < 1.29 is 14.5 Å². The molecule has 1 amide bonds. The number of anilines is 1. The van der Waals surface area contributed by atoms with E-state index in [1.54, 1.807) is 17.0 Å². The van der Waals surface area contributed by atoms with Gasteiger partial charge in [-0.15, -0.1) is 0 Å². The molecule has 0 unspecified atom stereocenters. The highest BCUT2D eigenvalue weighted by Crippen LogP contribution is 2.32. The molecule has 0 saturated carbocycles. The lowest BCUT2D eigenvalue weighted by molar-refractivity contribution is -0.384. The summed E-state index contributed by atoms with van der Waals surface area (Å²) in [7, 11) is 0. The molecule has 7 nitrogen and oxygen atoms in total. The summed E-state index contributed by atoms with van der Waals surface area (Å²) in [6.45, 7) is 7.47. The summed E-state index contributed by atoms with van der Waals surface area (Å²) in [6, 6.07) is 4.87. The molecule has 1 aliphatic rings. The van der Waals surface area contributed by atoms with E-state index in [0.29, 0.717) is 31.9 Å². The van der Waals surface area contributed by atoms with Crippen LogP contribution < -0.4 is 4.90 Å². The second kappa shape index (κ2) is 6.74. The van der Waals surface area contributed by atoms with E-state index in [4.69, 9.17) is 4.74 Å². The highest BCUT2D eigenvalue weighted by molar-refractivity contribution is 9.10. The van der Waals surface area contributed by atoms with Crippen molar-refractivity contribution in [1.82, 2.24) is 4.90 Å². The molecule has 8 heteroatoms. The number of rotatable bonds is 2. The average molecular weight is 386 g/mol. The number of ether oxygens (including phenoxy) is 1. The van der Waals surface area contributed by atoms with Crippen molar-refractivity contribution in [1.29, 1.82) is 0 Å². The maximum Gasteiger partial charge on any atom is 0.410 e. The van der Waals surface area contributed by atoms with Crippen LogP contribution in [0.15, 0.2) is 22.7 Å². The largest absolute Gasteiger partial charge is 0.444 e. The van der Waals surface area contributed by atoms with Crippen LogP contribution in [0.2, 0.25) is 0 Å². The van der Waals surface area contributed by atoms with Gasteiger partial charge in [0.05, 0.1) is 4.92 Å². The third-order valence-electron chi connectivity index (χ3n) is 3.41. The maximum atomic E-state index is 12.1. The summed E-state index contributed by atoms with van der Waals surface area (Å²) < 4.78 is 6.14. The summed E-state index contributed by atoms with van der Waals surface area (Å²) in [5.74, 6) is 0. The Morgan fingerprint density at radius 1 is 1.26 bits per heavy atom. The zero-order chi connectivity index (χ0) is 17.2. The molecular formula is C15H20BrN3O4. The first kappa shape index (κ1) is 17.5. The number of piperazine rings is 1. The van der Waals surface area contributed by atoms with Crippen molar-refractivity contribution in [3.8, 4) is 0 Å². The molecule has 0 bridgehead atoms. The minimum Gasteiger partial charge on any atom is -0.444 e. The minimum atomic E-state index is -0.530. The maximum absolute atomic E-state index is 12.1. The average Bonchev–Trinajstić information content (AvgIpc) is 2.45. The molecule has 0 radical (unpaired) electrons. The number of carbonyl (C=O) groups excluding carboxylic acids is 1. The first-order valence-electron chi connectivity index (χ1n) is 7.34. The number of hydrogen-bond acceptors (Lipinski definition) is 5. The van der Waals surface area contributed by atoms with Gasteiger partial charge in [-0.05, 0) is 32.9 Å². The van der Waals surface area contributed by atoms with Crippen LogP contribution in [0, 0.1) is 10.1 Å². The van der Waals surface area contributed by atoms with Gasteiger partial charge in [0.15, 0.2) is 0 Å². The molecular weight excluding hydrogens is 366 g/mol. The number of benzene rings is 1. The first-order valence-corrected chi connectivity index (χ1v) is 8.13. The molecule has 0 aromatic heterocycles. The Bertz CT molecular complexity index is 607. The number of halogens is 1. The van der Waals surface area contributed by atoms with Crippen LogP contribution in [0.3, 0.4) is 0 Å². The standard InChI is InChI=1S/C15H20BrN3O4/c1-15(2,3)23-14(20)18-8-6-17(7-9-18)13-10-11(16)4-5-12(13)19(21)22/h4-5,10H,6-9H2,1-3H3. The van der Waals surface area contributed by atoms with E-state index >= 15 is 0 Å². The van der Waals surface area contributed by atoms with E-state index in [9.17, 15) is 14.9 Å². The Labute approximate surface area is 143 Å². The van der Waals surface area contributed by atoms with Gasteiger partial charge in [-0.3, -0.25) is 10.1 Å². The fourth-order valence-electron chi connectivity index (χ4n) is 2.36. The minimum absolute atomic E-state index is 0.0684. The Morgan fingerprint density at radius 2 is 1.87 bits per heavy atom. The number of carbonyl (C=O) groups is 1. The van der Waals surface area contributed by atoms with Crippen molar-refractivity contribution in [2.24, 2.45) is 0 Å². The van der Waals surface area contributed by atoms with Gasteiger partial charge in [-0.1, -0.05) is 15.9 Å². The van der Waals surface area contributed by atoms with Crippen LogP contribution in [0.25, 0.3) is 0 Å². The number of hydrogen-bond donors (Lipinski definition) is 0. The SMILES string of the molecule is CC(C)(C)OC(=O)N1CCN(c2cc(Br)ccc2[N+](=O)[O-])CC1. The molecule has 2 rings (SSSR count). The molecule has 1 fully saturated rings. The number of nitrogens with zero attached hydrogens (tertiary/aromatic N) is 3. The lowest BCUT2D eigenvalue weighted by Crippen LogP contribution is -2.50. The zero-order valence-corrected chi connectivity index (χ0v) is 15.0. The van der Waals surface area contributed by atoms with Crippen LogP contribution in [0.4, 0.5) is 16.2 Å². The van der Waals surface area contributed by atoms with Crippen LogP contribution in [-0.4, -0.2) is 47.7 Å². The van der Waals surface area contributed by atoms with Crippen molar-refractivity contribution in [2.75, 3.05) is 31.1 Å². The fraction of sp³-hybridized carbons (Fsp3) is 0.533. The molecule has 0 spiro atoms. The smallest absolute Gasteiger partial charge is 0.410 e. The highest BCUT2D eigenvalue weighted by Gasteiger charge is 2.28. The third-order valence-corrected chi connectivity index (χ3v) is 3.90. The molecule has 1 aliphatic heterocycles. The Hall–Kier alpha value is -1.83. The summed E-state index contributed by atoms with van der Waals surface area (Å²) >= 11 is 3.35. The van der Waals surface area contributed by atoms with Gasteiger partial charge in [0.25, 0.3) is 5.69 Å². The van der Waals surface area contributed by atoms with E-state index in [-0.39, 0.29) is 16.7 Å². The van der Waals surface area contributed by atoms with Gasteiger partial charge in [0.2, 0.25) is 0 Å². The molecule has 0 N–H and O–H groups in total. The summed E-state index contributed by atoms with van der Waals surface area (Å²) in [4.78, 5) is 26.4. The molecule has 1 heterocycles. The summed E-state index contributed by atoms with van der Waals surface area (Å²) in [6.07, 6.45) is -0.346. The predicted octanol–water partition coefficient (Wildman–Crippen LogP) is 3.41. The van der Waals surface area contributed by atoms with E-state index in [1.807, 2.05) is 25.7 Å². The Balaban J connectivity index is 2.06. The predicted molar refractivity (Wildman–Crippen MR) is 90.8 cm³/mol. The molecule has 126 valence electrons. The quantitative estimate of drug-likeness (QED) is 0.575. The molecule has 0 atom stereocenters. The molecule has 0 aliphatic carbocycles. The van der Waals surface area contributed by atoms with Crippen molar-refractivity contribution >= 4 is 33.4 Å². The lowest BCUT2D eigenvalue weighted by atomic mass is 10.2. The van der Waals surface area contributed by atoms with E-state index in [1.165, 1.54) is 6.07 Å². The summed E-state index contributed by atoms with van der Waals surface area (Å²) in [5.41, 5.74) is 0.101. The van der Waals surface area contributed by atoms with Gasteiger partial charge in [0, 0.05) is 36.7 Å². The van der Waals surface area contributed by atoms with Gasteiger partial charge in [0.1, 0.15) is 11.3 Å². The molecule has 23 heavy (non-hydrogen) atoms. The van der Waals surface area contributed by atoms with E-state index < -0.39 is 5.60 Å². The van der Waals surface area contributed by atoms with Gasteiger partial charge < -0.3 is 14.5 Å². The lowest BCUT2D eigenvalue weighted by Gasteiger charge is -2.36. The van der Waals surface area contributed by atoms with Gasteiger partial charge in [-0.25, -0.2) is 4.79 Å². The van der Waals surface area contributed by atoms with Crippen LogP contribution in [-0.2, 0) is 4.74 Å². The number of nitro groups is 1. The number of amides is 1. The Kier molecular flexibility index (Phi) is 5.13. The molecule has 1 aromatic rings. The summed E-state index contributed by atoms with van der Waals surface area (Å²) in [5, 5.41) is 11.2. The van der Waals surface area contributed by atoms with Crippen LogP contribution in [0.5, 0.6) is 0 Å². The monoisotopic (exact) mass is 385 g/mol. The molecule has 1 aromatic carbocycles. The topological polar surface area (TPSA) is 75.9 Å². The van der Waals surface area contributed by atoms with E-state index in [0.717, 1.165) is 4.47 Å². The normalized spacial score (nSPS) is 15.5. The van der Waals surface area contributed by atoms with Crippen molar-refractivity contribution in [3.63, 3.8) is 0 Å². The van der Waals surface area contributed by atoms with Gasteiger partial charge in [-0.2, -0.15) is 0 Å². The van der Waals surface area contributed by atoms with E-state index in [2.05, 4.69) is 15.9 Å². The zero-order valence-electron chi connectivity index (χ0n) is 13.4. The van der Waals surface area contributed by atoms with Crippen molar-refractivity contribution in [3.05, 3.63) is 32.8 Å². The van der Waals surface area contributed by atoms with Crippen LogP contribution >= 0.6 is 15.9 Å². The first-order chi connectivity index (χ1) is 10.7. The van der Waals surface area contributed by atoms with Crippen LogP contribution in [0.1, 0.15) is 20.8 Å². The highest BCUT2D eigenvalue weighted by atomic mass is 79.9.